The van der Waals surface area contributed by atoms with Crippen LogP contribution in [0.4, 0.5) is 0 Å². The van der Waals surface area contributed by atoms with Gasteiger partial charge in [0.1, 0.15) is 5.60 Å². The van der Waals surface area contributed by atoms with Gasteiger partial charge in [0.25, 0.3) is 0 Å². The lowest BCUT2D eigenvalue weighted by Crippen LogP contribution is -2.37. The fourth-order valence-corrected chi connectivity index (χ4v) is 2.26. The Morgan fingerprint density at radius 2 is 2.07 bits per heavy atom. The van der Waals surface area contributed by atoms with E-state index in [9.17, 15) is 5.11 Å². The van der Waals surface area contributed by atoms with Crippen molar-refractivity contribution in [2.75, 3.05) is 6.54 Å². The van der Waals surface area contributed by atoms with Crippen molar-refractivity contribution >= 4 is 0 Å². The van der Waals surface area contributed by atoms with Crippen LogP contribution in [0.1, 0.15) is 29.5 Å². The van der Waals surface area contributed by atoms with Gasteiger partial charge in [-0.1, -0.05) is 23.8 Å². The van der Waals surface area contributed by atoms with Crippen LogP contribution in [-0.4, -0.2) is 11.7 Å². The van der Waals surface area contributed by atoms with E-state index in [2.05, 4.69) is 18.2 Å². The molecule has 0 spiro atoms. The Hall–Kier alpha value is -0.860. The summed E-state index contributed by atoms with van der Waals surface area (Å²) in [5.41, 5.74) is 8.30. The highest BCUT2D eigenvalue weighted by molar-refractivity contribution is 5.36. The molecule has 2 rings (SSSR count). The van der Waals surface area contributed by atoms with E-state index in [0.29, 0.717) is 12.5 Å². The van der Waals surface area contributed by atoms with Gasteiger partial charge in [-0.2, -0.15) is 0 Å². The summed E-state index contributed by atoms with van der Waals surface area (Å²) in [4.78, 5) is 0. The molecule has 2 nitrogen and oxygen atoms in total. The molecule has 0 radical (unpaired) electrons. The molecule has 82 valence electrons. The van der Waals surface area contributed by atoms with Gasteiger partial charge in [-0.25, -0.2) is 0 Å². The summed E-state index contributed by atoms with van der Waals surface area (Å²) in [5.74, 6) is 0.364. The van der Waals surface area contributed by atoms with Crippen LogP contribution in [0.5, 0.6) is 0 Å². The van der Waals surface area contributed by atoms with Crippen LogP contribution < -0.4 is 5.73 Å². The molecule has 1 unspecified atom stereocenters. The first-order valence-corrected chi connectivity index (χ1v) is 5.58. The molecule has 1 saturated carbocycles. The highest BCUT2D eigenvalue weighted by atomic mass is 16.3. The van der Waals surface area contributed by atoms with Gasteiger partial charge in [0.05, 0.1) is 0 Å². The van der Waals surface area contributed by atoms with E-state index in [0.717, 1.165) is 24.0 Å². The van der Waals surface area contributed by atoms with E-state index >= 15 is 0 Å². The van der Waals surface area contributed by atoms with Gasteiger partial charge in [-0.15, -0.1) is 0 Å². The van der Waals surface area contributed by atoms with E-state index < -0.39 is 5.60 Å². The fourth-order valence-electron chi connectivity index (χ4n) is 2.26. The summed E-state index contributed by atoms with van der Waals surface area (Å²) in [6.07, 6.45) is 2.20. The lowest BCUT2D eigenvalue weighted by atomic mass is 9.85. The van der Waals surface area contributed by atoms with Crippen LogP contribution in [-0.2, 0) is 5.60 Å². The molecule has 0 aromatic heterocycles. The number of rotatable bonds is 3. The van der Waals surface area contributed by atoms with Crippen LogP contribution in [0.25, 0.3) is 0 Å². The molecule has 2 heteroatoms. The lowest BCUT2D eigenvalue weighted by Gasteiger charge is -2.29. The molecule has 15 heavy (non-hydrogen) atoms. The van der Waals surface area contributed by atoms with Crippen molar-refractivity contribution < 1.29 is 5.11 Å². The molecule has 1 fully saturated rings. The Balaban J connectivity index is 2.45. The molecule has 0 bridgehead atoms. The highest BCUT2D eigenvalue weighted by Gasteiger charge is 2.44. The molecule has 1 aromatic rings. The molecule has 0 aliphatic heterocycles. The Labute approximate surface area is 91.1 Å². The summed E-state index contributed by atoms with van der Waals surface area (Å²) >= 11 is 0. The first kappa shape index (κ1) is 10.7. The average molecular weight is 205 g/mol. The molecular weight excluding hydrogens is 186 g/mol. The number of nitrogens with two attached hydrogens (primary N) is 1. The number of hydrogen-bond acceptors (Lipinski definition) is 2. The summed E-state index contributed by atoms with van der Waals surface area (Å²) in [6, 6.07) is 6.21. The van der Waals surface area contributed by atoms with Gasteiger partial charge >= 0.3 is 0 Å². The average Bonchev–Trinajstić information content (AvgIpc) is 3.04. The second kappa shape index (κ2) is 3.62. The zero-order valence-corrected chi connectivity index (χ0v) is 9.46. The van der Waals surface area contributed by atoms with Crippen molar-refractivity contribution in [2.45, 2.75) is 32.3 Å². The van der Waals surface area contributed by atoms with Crippen molar-refractivity contribution in [1.29, 1.82) is 0 Å². The summed E-state index contributed by atoms with van der Waals surface area (Å²) < 4.78 is 0. The SMILES string of the molecule is Cc1ccc(C)c(C(O)(CN)C2CC2)c1. The summed E-state index contributed by atoms with van der Waals surface area (Å²) in [5, 5.41) is 10.6. The van der Waals surface area contributed by atoms with Crippen molar-refractivity contribution in [3.63, 3.8) is 0 Å². The van der Waals surface area contributed by atoms with Gasteiger partial charge < -0.3 is 10.8 Å². The monoisotopic (exact) mass is 205 g/mol. The largest absolute Gasteiger partial charge is 0.384 e. The second-order valence-electron chi connectivity index (χ2n) is 4.72. The van der Waals surface area contributed by atoms with E-state index in [1.165, 1.54) is 5.56 Å². The lowest BCUT2D eigenvalue weighted by molar-refractivity contribution is 0.0216. The topological polar surface area (TPSA) is 46.2 Å². The zero-order valence-electron chi connectivity index (χ0n) is 9.46. The quantitative estimate of drug-likeness (QED) is 0.791. The molecule has 1 atom stereocenters. The maximum Gasteiger partial charge on any atom is 0.105 e. The third-order valence-electron chi connectivity index (χ3n) is 3.42. The van der Waals surface area contributed by atoms with Crippen LogP contribution in [0.3, 0.4) is 0 Å². The number of hydrogen-bond donors (Lipinski definition) is 2. The Morgan fingerprint density at radius 1 is 1.40 bits per heavy atom. The molecule has 1 aromatic carbocycles. The van der Waals surface area contributed by atoms with Gasteiger partial charge in [-0.3, -0.25) is 0 Å². The Bertz CT molecular complexity index is 371. The Morgan fingerprint density at radius 3 is 2.60 bits per heavy atom. The molecule has 0 amide bonds. The summed E-state index contributed by atoms with van der Waals surface area (Å²) in [7, 11) is 0. The van der Waals surface area contributed by atoms with Crippen LogP contribution in [0.15, 0.2) is 18.2 Å². The third kappa shape index (κ3) is 1.80. The molecule has 0 saturated heterocycles. The summed E-state index contributed by atoms with van der Waals surface area (Å²) in [6.45, 7) is 4.41. The zero-order chi connectivity index (χ0) is 11.1. The maximum absolute atomic E-state index is 10.6. The van der Waals surface area contributed by atoms with Crippen LogP contribution in [0, 0.1) is 19.8 Å². The van der Waals surface area contributed by atoms with Gasteiger partial charge in [0.2, 0.25) is 0 Å². The minimum absolute atomic E-state index is 0.321. The highest BCUT2D eigenvalue weighted by Crippen LogP contribution is 2.46. The first-order valence-electron chi connectivity index (χ1n) is 5.58. The first-order chi connectivity index (χ1) is 7.08. The van der Waals surface area contributed by atoms with Crippen molar-refractivity contribution in [2.24, 2.45) is 11.7 Å². The van der Waals surface area contributed by atoms with E-state index in [4.69, 9.17) is 5.73 Å². The smallest absolute Gasteiger partial charge is 0.105 e. The van der Waals surface area contributed by atoms with Crippen molar-refractivity contribution in [1.82, 2.24) is 0 Å². The minimum Gasteiger partial charge on any atom is -0.384 e. The van der Waals surface area contributed by atoms with Gasteiger partial charge in [-0.05, 0) is 43.7 Å². The number of benzene rings is 1. The normalized spacial score (nSPS) is 20.0. The van der Waals surface area contributed by atoms with E-state index in [1.54, 1.807) is 0 Å². The van der Waals surface area contributed by atoms with E-state index in [-0.39, 0.29) is 0 Å². The Kier molecular flexibility index (Phi) is 2.57. The van der Waals surface area contributed by atoms with Gasteiger partial charge in [0.15, 0.2) is 0 Å². The third-order valence-corrected chi connectivity index (χ3v) is 3.42. The predicted octanol–water partition coefficient (Wildman–Crippen LogP) is 1.86. The number of aryl methyl sites for hydroxylation is 2. The number of aliphatic hydroxyl groups is 1. The second-order valence-corrected chi connectivity index (χ2v) is 4.72. The molecule has 1 aliphatic carbocycles. The van der Waals surface area contributed by atoms with E-state index in [1.807, 2.05) is 13.8 Å². The maximum atomic E-state index is 10.6. The molecule has 0 heterocycles. The van der Waals surface area contributed by atoms with Gasteiger partial charge in [0, 0.05) is 6.54 Å². The fraction of sp³-hybridized carbons (Fsp3) is 0.538. The predicted molar refractivity (Wildman–Crippen MR) is 61.6 cm³/mol. The van der Waals surface area contributed by atoms with Crippen LogP contribution in [0.2, 0.25) is 0 Å². The van der Waals surface area contributed by atoms with Crippen LogP contribution >= 0.6 is 0 Å². The standard InChI is InChI=1S/C13H19NO/c1-9-3-4-10(2)12(7-9)13(15,8-14)11-5-6-11/h3-4,7,11,15H,5-6,8,14H2,1-2H3. The van der Waals surface area contributed by atoms with Crippen molar-refractivity contribution in [3.05, 3.63) is 34.9 Å². The molecular formula is C13H19NO. The molecule has 3 N–H and O–H groups in total. The molecule has 1 aliphatic rings. The van der Waals surface area contributed by atoms with Crippen molar-refractivity contribution in [3.8, 4) is 0 Å². The minimum atomic E-state index is -0.796.